The Bertz CT molecular complexity index is 684. The van der Waals surface area contributed by atoms with Crippen LogP contribution in [0.15, 0.2) is 37.1 Å². The predicted molar refractivity (Wildman–Crippen MR) is 70.1 cm³/mol. The quantitative estimate of drug-likeness (QED) is 0.525. The molecule has 0 aliphatic rings. The molecule has 0 spiro atoms. The van der Waals surface area contributed by atoms with Crippen molar-refractivity contribution in [3.8, 4) is 0 Å². The fourth-order valence-corrected chi connectivity index (χ4v) is 2.26. The number of aryl methyl sites for hydroxylation is 1. The molecule has 3 N–H and O–H groups in total. The van der Waals surface area contributed by atoms with Gasteiger partial charge < -0.3 is 0 Å². The van der Waals surface area contributed by atoms with E-state index in [2.05, 4.69) is 20.6 Å². The van der Waals surface area contributed by atoms with Gasteiger partial charge in [0.15, 0.2) is 0 Å². The minimum atomic E-state index is -0.163. The first kappa shape index (κ1) is 11.8. The molecule has 3 heterocycles. The predicted octanol–water partition coefficient (Wildman–Crippen LogP) is 0.498. The zero-order chi connectivity index (χ0) is 13.2. The van der Waals surface area contributed by atoms with Crippen molar-refractivity contribution in [2.75, 3.05) is 0 Å². The van der Waals surface area contributed by atoms with E-state index < -0.39 is 0 Å². The second-order valence-corrected chi connectivity index (χ2v) is 4.18. The van der Waals surface area contributed by atoms with Crippen LogP contribution in [0.5, 0.6) is 0 Å². The van der Waals surface area contributed by atoms with Gasteiger partial charge in [0.25, 0.3) is 0 Å². The van der Waals surface area contributed by atoms with Crippen LogP contribution >= 0.6 is 0 Å². The third kappa shape index (κ3) is 1.88. The van der Waals surface area contributed by atoms with Gasteiger partial charge in [-0.1, -0.05) is 0 Å². The summed E-state index contributed by atoms with van der Waals surface area (Å²) in [7, 11) is 0. The lowest BCUT2D eigenvalue weighted by molar-refractivity contribution is 0.545. The monoisotopic (exact) mass is 257 g/mol. The molecular weight excluding hydrogens is 242 g/mol. The molecule has 3 aromatic rings. The van der Waals surface area contributed by atoms with Crippen molar-refractivity contribution in [2.45, 2.75) is 19.5 Å². The van der Waals surface area contributed by atoms with E-state index in [-0.39, 0.29) is 6.04 Å². The van der Waals surface area contributed by atoms with Gasteiger partial charge in [0, 0.05) is 30.7 Å². The van der Waals surface area contributed by atoms with Gasteiger partial charge >= 0.3 is 0 Å². The molecule has 0 aliphatic carbocycles. The van der Waals surface area contributed by atoms with E-state index in [0.29, 0.717) is 0 Å². The molecule has 19 heavy (non-hydrogen) atoms. The summed E-state index contributed by atoms with van der Waals surface area (Å²) in [5.74, 6) is 5.72. The Balaban J connectivity index is 2.12. The summed E-state index contributed by atoms with van der Waals surface area (Å²) in [6, 6.07) is 1.79. The minimum absolute atomic E-state index is 0.163. The summed E-state index contributed by atoms with van der Waals surface area (Å²) in [6.07, 6.45) is 8.86. The van der Waals surface area contributed by atoms with Crippen LogP contribution in [0.25, 0.3) is 5.52 Å². The SMILES string of the molecule is CCn1nccc1C(NN)c1cnn2ccncc12. The third-order valence-electron chi connectivity index (χ3n) is 3.18. The Morgan fingerprint density at radius 1 is 1.32 bits per heavy atom. The second-order valence-electron chi connectivity index (χ2n) is 4.18. The number of hydrazine groups is 1. The number of hydrogen-bond donors (Lipinski definition) is 2. The van der Waals surface area contributed by atoms with Crippen LogP contribution in [-0.2, 0) is 6.54 Å². The second kappa shape index (κ2) is 4.79. The number of nitrogens with two attached hydrogens (primary N) is 1. The highest BCUT2D eigenvalue weighted by molar-refractivity contribution is 5.55. The van der Waals surface area contributed by atoms with Crippen LogP contribution in [0.3, 0.4) is 0 Å². The molecule has 0 radical (unpaired) electrons. The first-order valence-corrected chi connectivity index (χ1v) is 6.10. The Labute approximate surface area is 110 Å². The Kier molecular flexibility index (Phi) is 2.98. The van der Waals surface area contributed by atoms with Gasteiger partial charge in [-0.25, -0.2) is 9.94 Å². The lowest BCUT2D eigenvalue weighted by atomic mass is 10.1. The zero-order valence-corrected chi connectivity index (χ0v) is 10.6. The highest BCUT2D eigenvalue weighted by atomic mass is 15.3. The van der Waals surface area contributed by atoms with Gasteiger partial charge in [-0.05, 0) is 13.0 Å². The maximum atomic E-state index is 5.72. The lowest BCUT2D eigenvalue weighted by Crippen LogP contribution is -2.30. The van der Waals surface area contributed by atoms with Crippen LogP contribution in [0.1, 0.15) is 24.2 Å². The maximum absolute atomic E-state index is 5.72. The first-order valence-electron chi connectivity index (χ1n) is 6.10. The normalized spacial score (nSPS) is 12.9. The molecule has 1 atom stereocenters. The highest BCUT2D eigenvalue weighted by Gasteiger charge is 2.20. The van der Waals surface area contributed by atoms with Gasteiger partial charge in [-0.2, -0.15) is 10.2 Å². The summed E-state index contributed by atoms with van der Waals surface area (Å²) in [5, 5.41) is 8.58. The van der Waals surface area contributed by atoms with Gasteiger partial charge in [0.2, 0.25) is 0 Å². The van der Waals surface area contributed by atoms with E-state index in [9.17, 15) is 0 Å². The van der Waals surface area contributed by atoms with E-state index >= 15 is 0 Å². The molecule has 0 amide bonds. The van der Waals surface area contributed by atoms with E-state index in [1.165, 1.54) is 0 Å². The van der Waals surface area contributed by atoms with E-state index in [1.54, 1.807) is 29.3 Å². The molecule has 1 unspecified atom stereocenters. The van der Waals surface area contributed by atoms with Crippen LogP contribution in [-0.4, -0.2) is 24.4 Å². The molecule has 3 aromatic heterocycles. The number of rotatable bonds is 4. The molecule has 0 fully saturated rings. The molecule has 98 valence electrons. The molecule has 0 aromatic carbocycles. The fourth-order valence-electron chi connectivity index (χ4n) is 2.26. The molecule has 0 bridgehead atoms. The average Bonchev–Trinajstić information content (AvgIpc) is 3.07. The summed E-state index contributed by atoms with van der Waals surface area (Å²) >= 11 is 0. The van der Waals surface area contributed by atoms with Crippen molar-refractivity contribution in [2.24, 2.45) is 5.84 Å². The number of fused-ring (bicyclic) bond motifs is 1. The van der Waals surface area contributed by atoms with Crippen LogP contribution in [0.4, 0.5) is 0 Å². The Morgan fingerprint density at radius 3 is 3.00 bits per heavy atom. The number of aromatic nitrogens is 5. The smallest absolute Gasteiger partial charge is 0.0915 e. The van der Waals surface area contributed by atoms with E-state index in [1.807, 2.05) is 23.9 Å². The van der Waals surface area contributed by atoms with Gasteiger partial charge in [0.1, 0.15) is 0 Å². The summed E-state index contributed by atoms with van der Waals surface area (Å²) < 4.78 is 3.68. The van der Waals surface area contributed by atoms with Crippen LogP contribution < -0.4 is 11.3 Å². The number of hydrogen-bond acceptors (Lipinski definition) is 5. The molecule has 0 saturated carbocycles. The maximum Gasteiger partial charge on any atom is 0.0915 e. The molecular formula is C12H15N7. The summed E-state index contributed by atoms with van der Waals surface area (Å²) in [5.41, 5.74) is 5.74. The van der Waals surface area contributed by atoms with Gasteiger partial charge in [-0.15, -0.1) is 0 Å². The topological polar surface area (TPSA) is 86.1 Å². The molecule has 7 nitrogen and oxygen atoms in total. The Morgan fingerprint density at radius 2 is 2.21 bits per heavy atom. The molecule has 3 rings (SSSR count). The molecule has 0 aliphatic heterocycles. The van der Waals surface area contributed by atoms with E-state index in [4.69, 9.17) is 5.84 Å². The summed E-state index contributed by atoms with van der Waals surface area (Å²) in [6.45, 7) is 2.83. The standard InChI is InChI=1S/C12H15N7/c1-2-18-10(3-4-15-18)12(17-13)9-7-16-19-6-5-14-8-11(9)19/h3-8,12,17H,2,13H2,1H3. The highest BCUT2D eigenvalue weighted by Crippen LogP contribution is 2.24. The summed E-state index contributed by atoms with van der Waals surface area (Å²) in [4.78, 5) is 4.13. The minimum Gasteiger partial charge on any atom is -0.271 e. The van der Waals surface area contributed by atoms with Crippen molar-refractivity contribution < 1.29 is 0 Å². The number of nitrogens with one attached hydrogen (secondary N) is 1. The lowest BCUT2D eigenvalue weighted by Gasteiger charge is -2.16. The third-order valence-corrected chi connectivity index (χ3v) is 3.18. The van der Waals surface area contributed by atoms with Crippen molar-refractivity contribution in [3.63, 3.8) is 0 Å². The average molecular weight is 257 g/mol. The zero-order valence-electron chi connectivity index (χ0n) is 10.6. The molecule has 7 heteroatoms. The van der Waals surface area contributed by atoms with Crippen molar-refractivity contribution >= 4 is 5.52 Å². The first-order chi connectivity index (χ1) is 9.35. The number of nitrogens with zero attached hydrogens (tertiary/aromatic N) is 5. The van der Waals surface area contributed by atoms with Gasteiger partial charge in [-0.3, -0.25) is 15.5 Å². The van der Waals surface area contributed by atoms with Gasteiger partial charge in [0.05, 0.1) is 29.6 Å². The van der Waals surface area contributed by atoms with Crippen molar-refractivity contribution in [1.29, 1.82) is 0 Å². The van der Waals surface area contributed by atoms with Crippen LogP contribution in [0.2, 0.25) is 0 Å². The van der Waals surface area contributed by atoms with E-state index in [0.717, 1.165) is 23.3 Å². The fraction of sp³-hybridized carbons (Fsp3) is 0.250. The van der Waals surface area contributed by atoms with Crippen LogP contribution in [0, 0.1) is 0 Å². The molecule has 0 saturated heterocycles. The van der Waals surface area contributed by atoms with Crippen molar-refractivity contribution in [1.82, 2.24) is 29.8 Å². The Hall–Kier alpha value is -2.25. The van der Waals surface area contributed by atoms with Crippen molar-refractivity contribution in [3.05, 3.63) is 48.3 Å². The largest absolute Gasteiger partial charge is 0.271 e.